The van der Waals surface area contributed by atoms with Crippen molar-refractivity contribution in [1.29, 1.82) is 0 Å². The van der Waals surface area contributed by atoms with Crippen molar-refractivity contribution >= 4 is 40.7 Å². The van der Waals surface area contributed by atoms with E-state index >= 15 is 0 Å². The number of fused-ring (bicyclic) bond motifs is 1. The summed E-state index contributed by atoms with van der Waals surface area (Å²) in [6.07, 6.45) is 1.55. The van der Waals surface area contributed by atoms with Gasteiger partial charge in [0, 0.05) is 5.56 Å². The third-order valence-corrected chi connectivity index (χ3v) is 7.99. The van der Waals surface area contributed by atoms with Gasteiger partial charge in [0.2, 0.25) is 0 Å². The maximum absolute atomic E-state index is 14.1. The zero-order valence-corrected chi connectivity index (χ0v) is 26.9. The number of aromatic nitrogens is 1. The first-order valence-electron chi connectivity index (χ1n) is 14.7. The molecule has 2 heterocycles. The van der Waals surface area contributed by atoms with E-state index in [1.165, 1.54) is 17.7 Å². The molecule has 0 saturated carbocycles. The van der Waals surface area contributed by atoms with Crippen molar-refractivity contribution in [2.75, 3.05) is 26.9 Å². The molecule has 13 heteroatoms. The highest BCUT2D eigenvalue weighted by Gasteiger charge is 2.34. The maximum Gasteiger partial charge on any atom is 0.343 e. The van der Waals surface area contributed by atoms with E-state index in [0.717, 1.165) is 11.3 Å². The number of rotatable bonds is 11. The average molecular weight is 657 g/mol. The van der Waals surface area contributed by atoms with Crippen molar-refractivity contribution in [3.63, 3.8) is 0 Å². The van der Waals surface area contributed by atoms with Gasteiger partial charge in [0.05, 0.1) is 53.5 Å². The number of carbonyl (C=O) groups is 2. The largest absolute Gasteiger partial charge is 0.507 e. The molecule has 0 amide bonds. The van der Waals surface area contributed by atoms with Gasteiger partial charge in [-0.1, -0.05) is 35.6 Å². The Balaban J connectivity index is 1.62. The molecule has 12 nitrogen and oxygen atoms in total. The van der Waals surface area contributed by atoms with Crippen molar-refractivity contribution in [3.05, 3.63) is 109 Å². The molecule has 1 aliphatic rings. The van der Waals surface area contributed by atoms with Crippen LogP contribution in [-0.4, -0.2) is 48.5 Å². The molecule has 0 bridgehead atoms. The molecule has 1 aromatic heterocycles. The van der Waals surface area contributed by atoms with Crippen LogP contribution >= 0.6 is 11.3 Å². The Morgan fingerprint density at radius 3 is 2.47 bits per heavy atom. The molecule has 47 heavy (non-hydrogen) atoms. The number of phenolic OH excluding ortho intramolecular Hbond substituents is 1. The van der Waals surface area contributed by atoms with Gasteiger partial charge >= 0.3 is 11.9 Å². The molecule has 0 aliphatic carbocycles. The first-order valence-corrected chi connectivity index (χ1v) is 15.5. The van der Waals surface area contributed by atoms with Gasteiger partial charge in [-0.15, -0.1) is 0 Å². The minimum atomic E-state index is -0.930. The third-order valence-electron chi connectivity index (χ3n) is 7.01. The lowest BCUT2D eigenvalue weighted by Crippen LogP contribution is -2.40. The van der Waals surface area contributed by atoms with E-state index in [-0.39, 0.29) is 41.4 Å². The molecule has 242 valence electrons. The number of aromatic hydroxyl groups is 1. The van der Waals surface area contributed by atoms with Crippen LogP contribution in [0.15, 0.2) is 98.0 Å². The molecule has 3 aromatic carbocycles. The summed E-state index contributed by atoms with van der Waals surface area (Å²) in [7, 11) is 1.26. The fourth-order valence-corrected chi connectivity index (χ4v) is 5.89. The second-order valence-electron chi connectivity index (χ2n) is 10.1. The quantitative estimate of drug-likeness (QED) is 0.178. The van der Waals surface area contributed by atoms with E-state index in [4.69, 9.17) is 14.2 Å². The van der Waals surface area contributed by atoms with Gasteiger partial charge in [-0.05, 0) is 74.9 Å². The predicted octanol–water partition coefficient (Wildman–Crippen LogP) is 4.87. The monoisotopic (exact) mass is 656 g/mol. The Bertz CT molecular complexity index is 2050. The minimum absolute atomic E-state index is 0.0571. The number of ether oxygens (including phenoxy) is 4. The first-order chi connectivity index (χ1) is 22.7. The molecule has 0 saturated heterocycles. The number of hydrogen-bond acceptors (Lipinski definition) is 12. The van der Waals surface area contributed by atoms with Crippen molar-refractivity contribution in [3.8, 4) is 17.2 Å². The minimum Gasteiger partial charge on any atom is -0.507 e. The van der Waals surface area contributed by atoms with Gasteiger partial charge < -0.3 is 24.1 Å². The highest BCUT2D eigenvalue weighted by Crippen LogP contribution is 2.36. The van der Waals surface area contributed by atoms with E-state index in [9.17, 15) is 19.5 Å². The lowest BCUT2D eigenvalue weighted by molar-refractivity contribution is -0.143. The van der Waals surface area contributed by atoms with Crippen molar-refractivity contribution in [2.24, 2.45) is 15.2 Å². The Morgan fingerprint density at radius 2 is 1.74 bits per heavy atom. The summed E-state index contributed by atoms with van der Waals surface area (Å²) < 4.78 is 23.2. The zero-order chi connectivity index (χ0) is 33.5. The number of azo groups is 1. The number of carbonyl (C=O) groups excluding carboxylic acids is 2. The summed E-state index contributed by atoms with van der Waals surface area (Å²) in [5, 5.41) is 19.2. The van der Waals surface area contributed by atoms with Crippen LogP contribution in [0.1, 0.15) is 37.9 Å². The van der Waals surface area contributed by atoms with Crippen molar-refractivity contribution in [2.45, 2.75) is 26.8 Å². The van der Waals surface area contributed by atoms with Crippen LogP contribution in [0.5, 0.6) is 17.2 Å². The Kier molecular flexibility index (Phi) is 10.3. The van der Waals surface area contributed by atoms with Crippen LogP contribution in [0, 0.1) is 0 Å². The summed E-state index contributed by atoms with van der Waals surface area (Å²) >= 11 is 1.11. The summed E-state index contributed by atoms with van der Waals surface area (Å²) in [4.78, 5) is 44.1. The van der Waals surface area contributed by atoms with Crippen LogP contribution in [0.25, 0.3) is 6.08 Å². The van der Waals surface area contributed by atoms with Gasteiger partial charge in [-0.2, -0.15) is 10.2 Å². The number of hydrogen-bond donors (Lipinski definition) is 1. The zero-order valence-electron chi connectivity index (χ0n) is 26.1. The normalized spacial score (nSPS) is 14.5. The molecule has 0 unspecified atom stereocenters. The molecular formula is C34H32N4O8S. The number of methoxy groups -OCH3 is 1. The average Bonchev–Trinajstić information content (AvgIpc) is 3.37. The molecular weight excluding hydrogens is 624 g/mol. The van der Waals surface area contributed by atoms with Crippen LogP contribution in [0.2, 0.25) is 0 Å². The standard InChI is InChI=1S/C34H32N4O8S/c1-5-44-27-17-21(12-15-26(27)46-19-29(40)43-4)31-30(33(42)45-6-2)20(3)35-34-38(31)32(41)28(47-34)18-22-16-24(13-14-25(22)39)37-36-23-10-8-7-9-11-23/h7-18,31,39H,5-6,19H2,1-4H3/b28-18-,37-36?/t31-/m1/s1. The first kappa shape index (κ1) is 32.8. The Morgan fingerprint density at radius 1 is 0.979 bits per heavy atom. The maximum atomic E-state index is 14.1. The van der Waals surface area contributed by atoms with E-state index in [1.54, 1.807) is 57.2 Å². The number of allylic oxidation sites excluding steroid dienone is 1. The highest BCUT2D eigenvalue weighted by molar-refractivity contribution is 7.07. The molecule has 0 fully saturated rings. The van der Waals surface area contributed by atoms with Gasteiger partial charge in [-0.25, -0.2) is 14.6 Å². The van der Waals surface area contributed by atoms with Crippen LogP contribution < -0.4 is 24.4 Å². The van der Waals surface area contributed by atoms with Crippen molar-refractivity contribution < 1.29 is 33.6 Å². The second kappa shape index (κ2) is 14.7. The van der Waals surface area contributed by atoms with E-state index < -0.39 is 23.5 Å². The number of esters is 2. The van der Waals surface area contributed by atoms with Gasteiger partial charge in [0.1, 0.15) is 5.75 Å². The molecule has 0 radical (unpaired) electrons. The lowest BCUT2D eigenvalue weighted by Gasteiger charge is -2.25. The highest BCUT2D eigenvalue weighted by atomic mass is 32.1. The smallest absolute Gasteiger partial charge is 0.343 e. The second-order valence-corrected chi connectivity index (χ2v) is 11.1. The Labute approximate surface area is 273 Å². The molecule has 1 aliphatic heterocycles. The number of nitrogens with zero attached hydrogens (tertiary/aromatic N) is 4. The topological polar surface area (TPSA) is 150 Å². The molecule has 4 aromatic rings. The SMILES string of the molecule is CCOC(=O)C1=C(C)N=c2s/c(=C\c3cc(N=Nc4ccccc4)ccc3O)c(=O)n2[C@@H]1c1ccc(OCC(=O)OC)c(OCC)c1. The fraction of sp³-hybridized carbons (Fsp3) is 0.235. The Hall–Kier alpha value is -5.56. The van der Waals surface area contributed by atoms with E-state index in [2.05, 4.69) is 20.0 Å². The van der Waals surface area contributed by atoms with E-state index in [0.29, 0.717) is 38.7 Å². The molecule has 1 atom stereocenters. The number of phenols is 1. The van der Waals surface area contributed by atoms with Gasteiger partial charge in [0.15, 0.2) is 22.9 Å². The summed E-state index contributed by atoms with van der Waals surface area (Å²) in [6, 6.07) is 17.9. The lowest BCUT2D eigenvalue weighted by atomic mass is 9.95. The molecule has 5 rings (SSSR count). The summed E-state index contributed by atoms with van der Waals surface area (Å²) in [5.41, 5.74) is 2.14. The predicted molar refractivity (Wildman–Crippen MR) is 174 cm³/mol. The molecule has 0 spiro atoms. The van der Waals surface area contributed by atoms with Gasteiger partial charge in [-0.3, -0.25) is 9.36 Å². The van der Waals surface area contributed by atoms with Crippen LogP contribution in [-0.2, 0) is 19.1 Å². The van der Waals surface area contributed by atoms with Crippen molar-refractivity contribution in [1.82, 2.24) is 4.57 Å². The summed E-state index contributed by atoms with van der Waals surface area (Å²) in [6.45, 7) is 5.24. The third kappa shape index (κ3) is 7.31. The van der Waals surface area contributed by atoms with Crippen LogP contribution in [0.3, 0.4) is 0 Å². The fourth-order valence-electron chi connectivity index (χ4n) is 4.86. The summed E-state index contributed by atoms with van der Waals surface area (Å²) in [5.74, 6) is -0.654. The van der Waals surface area contributed by atoms with Crippen LogP contribution in [0.4, 0.5) is 11.4 Å². The van der Waals surface area contributed by atoms with E-state index in [1.807, 2.05) is 30.3 Å². The molecule has 1 N–H and O–H groups in total. The van der Waals surface area contributed by atoms with Gasteiger partial charge in [0.25, 0.3) is 5.56 Å². The number of thiazole rings is 1. The number of benzene rings is 3.